The van der Waals surface area contributed by atoms with Crippen LogP contribution in [0.5, 0.6) is 5.88 Å². The molecule has 0 unspecified atom stereocenters. The molecular weight excluding hydrogens is 274 g/mol. The SMILES string of the molecule is COCCOc1ncnc(NCCN2CCOCC2)c1N. The van der Waals surface area contributed by atoms with Gasteiger partial charge in [-0.25, -0.2) is 4.98 Å². The van der Waals surface area contributed by atoms with E-state index in [0.717, 1.165) is 39.4 Å². The van der Waals surface area contributed by atoms with E-state index in [1.54, 1.807) is 7.11 Å². The van der Waals surface area contributed by atoms with Gasteiger partial charge in [0.2, 0.25) is 5.88 Å². The Morgan fingerprint density at radius 2 is 2.14 bits per heavy atom. The molecule has 3 N–H and O–H groups in total. The number of nitrogens with two attached hydrogens (primary N) is 1. The first-order chi connectivity index (χ1) is 10.3. The van der Waals surface area contributed by atoms with Crippen molar-refractivity contribution in [2.75, 3.05) is 70.8 Å². The molecule has 1 aromatic heterocycles. The molecule has 0 radical (unpaired) electrons. The molecule has 1 aromatic rings. The van der Waals surface area contributed by atoms with Crippen molar-refractivity contribution in [3.05, 3.63) is 6.33 Å². The zero-order chi connectivity index (χ0) is 14.9. The Balaban J connectivity index is 1.80. The van der Waals surface area contributed by atoms with E-state index in [0.29, 0.717) is 30.6 Å². The largest absolute Gasteiger partial charge is 0.474 e. The van der Waals surface area contributed by atoms with Gasteiger partial charge in [-0.3, -0.25) is 4.90 Å². The van der Waals surface area contributed by atoms with Gasteiger partial charge in [-0.2, -0.15) is 4.98 Å². The standard InChI is InChI=1S/C13H23N5O3/c1-19-8-9-21-13-11(14)12(16-10-17-13)15-2-3-18-4-6-20-7-5-18/h10H,2-9,14H2,1H3,(H,15,16,17). The minimum Gasteiger partial charge on any atom is -0.474 e. The van der Waals surface area contributed by atoms with Crippen molar-refractivity contribution in [2.24, 2.45) is 0 Å². The Kier molecular flexibility index (Phi) is 6.45. The molecular formula is C13H23N5O3. The lowest BCUT2D eigenvalue weighted by Gasteiger charge is -2.26. The van der Waals surface area contributed by atoms with Crippen molar-refractivity contribution >= 4 is 11.5 Å². The molecule has 1 saturated heterocycles. The Morgan fingerprint density at radius 1 is 1.33 bits per heavy atom. The van der Waals surface area contributed by atoms with Gasteiger partial charge < -0.3 is 25.3 Å². The highest BCUT2D eigenvalue weighted by Gasteiger charge is 2.11. The summed E-state index contributed by atoms with van der Waals surface area (Å²) in [5.74, 6) is 0.988. The van der Waals surface area contributed by atoms with Gasteiger partial charge in [0.15, 0.2) is 5.82 Å². The van der Waals surface area contributed by atoms with E-state index in [4.69, 9.17) is 19.9 Å². The average Bonchev–Trinajstić information content (AvgIpc) is 2.52. The van der Waals surface area contributed by atoms with Crippen LogP contribution >= 0.6 is 0 Å². The molecule has 1 fully saturated rings. The van der Waals surface area contributed by atoms with Gasteiger partial charge >= 0.3 is 0 Å². The number of nitrogen functional groups attached to an aromatic ring is 1. The maximum Gasteiger partial charge on any atom is 0.242 e. The molecule has 21 heavy (non-hydrogen) atoms. The minimum absolute atomic E-state index is 0.385. The smallest absolute Gasteiger partial charge is 0.242 e. The molecule has 0 atom stereocenters. The van der Waals surface area contributed by atoms with E-state index in [2.05, 4.69) is 20.2 Å². The van der Waals surface area contributed by atoms with Gasteiger partial charge in [0.25, 0.3) is 0 Å². The van der Waals surface area contributed by atoms with E-state index < -0.39 is 0 Å². The van der Waals surface area contributed by atoms with Crippen LogP contribution in [0.4, 0.5) is 11.5 Å². The fourth-order valence-corrected chi connectivity index (χ4v) is 2.01. The Bertz CT molecular complexity index is 426. The van der Waals surface area contributed by atoms with Crippen molar-refractivity contribution in [1.82, 2.24) is 14.9 Å². The Hall–Kier alpha value is -1.64. The van der Waals surface area contributed by atoms with Gasteiger partial charge in [0, 0.05) is 33.3 Å². The number of hydrogen-bond donors (Lipinski definition) is 2. The van der Waals surface area contributed by atoms with Gasteiger partial charge in [0.05, 0.1) is 19.8 Å². The number of aromatic nitrogens is 2. The second-order valence-electron chi connectivity index (χ2n) is 4.66. The maximum atomic E-state index is 6.00. The molecule has 1 aliphatic rings. The molecule has 0 aromatic carbocycles. The van der Waals surface area contributed by atoms with Crippen LogP contribution < -0.4 is 15.8 Å². The molecule has 8 heteroatoms. The molecule has 118 valence electrons. The van der Waals surface area contributed by atoms with Gasteiger partial charge in [-0.05, 0) is 0 Å². The molecule has 0 spiro atoms. The van der Waals surface area contributed by atoms with Crippen molar-refractivity contribution in [2.45, 2.75) is 0 Å². The highest BCUT2D eigenvalue weighted by atomic mass is 16.5. The number of morpholine rings is 1. The van der Waals surface area contributed by atoms with Crippen molar-refractivity contribution in [1.29, 1.82) is 0 Å². The maximum absolute atomic E-state index is 6.00. The first kappa shape index (κ1) is 15.7. The predicted octanol–water partition coefficient (Wildman–Crippen LogP) is -0.172. The second kappa shape index (κ2) is 8.60. The monoisotopic (exact) mass is 297 g/mol. The number of nitrogens with one attached hydrogen (secondary N) is 1. The summed E-state index contributed by atoms with van der Waals surface area (Å²) in [6, 6.07) is 0. The van der Waals surface area contributed by atoms with E-state index in [9.17, 15) is 0 Å². The first-order valence-electron chi connectivity index (χ1n) is 7.07. The second-order valence-corrected chi connectivity index (χ2v) is 4.66. The van der Waals surface area contributed by atoms with E-state index >= 15 is 0 Å². The zero-order valence-corrected chi connectivity index (χ0v) is 12.4. The van der Waals surface area contributed by atoms with Crippen LogP contribution in [0.15, 0.2) is 6.33 Å². The third-order valence-electron chi connectivity index (χ3n) is 3.20. The van der Waals surface area contributed by atoms with Gasteiger partial charge in [-0.1, -0.05) is 0 Å². The lowest BCUT2D eigenvalue weighted by Crippen LogP contribution is -2.39. The lowest BCUT2D eigenvalue weighted by molar-refractivity contribution is 0.0398. The number of hydrogen-bond acceptors (Lipinski definition) is 8. The van der Waals surface area contributed by atoms with Crippen molar-refractivity contribution in [3.8, 4) is 5.88 Å². The Morgan fingerprint density at radius 3 is 2.90 bits per heavy atom. The number of ether oxygens (including phenoxy) is 3. The van der Waals surface area contributed by atoms with E-state index in [1.807, 2.05) is 0 Å². The Labute approximate surface area is 124 Å². The summed E-state index contributed by atoms with van der Waals surface area (Å²) >= 11 is 0. The topological polar surface area (TPSA) is 94.8 Å². The third-order valence-corrected chi connectivity index (χ3v) is 3.20. The number of rotatable bonds is 8. The van der Waals surface area contributed by atoms with Crippen LogP contribution in [0.1, 0.15) is 0 Å². The minimum atomic E-state index is 0.385. The van der Waals surface area contributed by atoms with Crippen LogP contribution in [0, 0.1) is 0 Å². The summed E-state index contributed by atoms with van der Waals surface area (Å²) in [5.41, 5.74) is 6.42. The van der Waals surface area contributed by atoms with Gasteiger partial charge in [0.1, 0.15) is 18.6 Å². The van der Waals surface area contributed by atoms with Crippen LogP contribution in [0.2, 0.25) is 0 Å². The first-order valence-corrected chi connectivity index (χ1v) is 7.07. The fourth-order valence-electron chi connectivity index (χ4n) is 2.01. The zero-order valence-electron chi connectivity index (χ0n) is 12.4. The number of methoxy groups -OCH3 is 1. The molecule has 2 rings (SSSR count). The summed E-state index contributed by atoms with van der Waals surface area (Å²) in [6.07, 6.45) is 1.44. The molecule has 0 saturated carbocycles. The summed E-state index contributed by atoms with van der Waals surface area (Å²) in [7, 11) is 1.62. The number of nitrogens with zero attached hydrogens (tertiary/aromatic N) is 3. The third kappa shape index (κ3) is 5.00. The molecule has 0 amide bonds. The fraction of sp³-hybridized carbons (Fsp3) is 0.692. The highest BCUT2D eigenvalue weighted by Crippen LogP contribution is 2.24. The number of anilines is 2. The molecule has 1 aliphatic heterocycles. The van der Waals surface area contributed by atoms with Gasteiger partial charge in [-0.15, -0.1) is 0 Å². The van der Waals surface area contributed by atoms with E-state index in [1.165, 1.54) is 6.33 Å². The van der Waals surface area contributed by atoms with Crippen molar-refractivity contribution in [3.63, 3.8) is 0 Å². The van der Waals surface area contributed by atoms with Crippen LogP contribution in [0.3, 0.4) is 0 Å². The normalized spacial score (nSPS) is 15.9. The average molecular weight is 297 g/mol. The molecule has 8 nitrogen and oxygen atoms in total. The molecule has 2 heterocycles. The summed E-state index contributed by atoms with van der Waals surface area (Å²) in [5, 5.41) is 3.22. The predicted molar refractivity (Wildman–Crippen MR) is 79.6 cm³/mol. The van der Waals surface area contributed by atoms with E-state index in [-0.39, 0.29) is 0 Å². The summed E-state index contributed by atoms with van der Waals surface area (Å²) in [4.78, 5) is 10.5. The molecule has 0 aliphatic carbocycles. The van der Waals surface area contributed by atoms with Crippen LogP contribution in [0.25, 0.3) is 0 Å². The molecule has 0 bridgehead atoms. The summed E-state index contributed by atoms with van der Waals surface area (Å²) < 4.78 is 15.7. The quantitative estimate of drug-likeness (QED) is 0.639. The highest BCUT2D eigenvalue weighted by molar-refractivity contribution is 5.66. The van der Waals surface area contributed by atoms with Crippen molar-refractivity contribution < 1.29 is 14.2 Å². The van der Waals surface area contributed by atoms with Crippen LogP contribution in [-0.2, 0) is 9.47 Å². The summed E-state index contributed by atoms with van der Waals surface area (Å²) in [6.45, 7) is 6.11. The van der Waals surface area contributed by atoms with Crippen LogP contribution in [-0.4, -0.2) is 74.6 Å². The lowest BCUT2D eigenvalue weighted by atomic mass is 10.4.